The van der Waals surface area contributed by atoms with E-state index in [1.165, 1.54) is 18.2 Å². The minimum atomic E-state index is -0.849. The number of hydrogen-bond donors (Lipinski definition) is 0. The molecule has 0 saturated carbocycles. The molecule has 1 heterocycles. The number of halogens is 1. The maximum absolute atomic E-state index is 13.1. The molecule has 2 atom stereocenters. The number of nitrogens with zero attached hydrogens (tertiary/aromatic N) is 1. The third kappa shape index (κ3) is 3.50. The monoisotopic (exact) mass is 345 g/mol. The van der Waals surface area contributed by atoms with Crippen LogP contribution in [0.25, 0.3) is 0 Å². The van der Waals surface area contributed by atoms with Gasteiger partial charge >= 0.3 is 5.97 Å². The summed E-state index contributed by atoms with van der Waals surface area (Å²) in [6, 6.07) is 5.02. The highest BCUT2D eigenvalue weighted by Crippen LogP contribution is 2.34. The summed E-state index contributed by atoms with van der Waals surface area (Å²) >= 11 is 0. The number of benzene rings is 1. The zero-order valence-corrected chi connectivity index (χ0v) is 13.3. The molecule has 0 N–H and O–H groups in total. The summed E-state index contributed by atoms with van der Waals surface area (Å²) in [6.45, 7) is -1.09. The van der Waals surface area contributed by atoms with Crippen LogP contribution in [-0.2, 0) is 19.1 Å². The topological polar surface area (TPSA) is 80.8 Å². The van der Waals surface area contributed by atoms with Gasteiger partial charge in [0.15, 0.2) is 12.4 Å². The zero-order valence-electron chi connectivity index (χ0n) is 13.3. The van der Waals surface area contributed by atoms with Gasteiger partial charge in [0.2, 0.25) is 11.8 Å². The highest BCUT2D eigenvalue weighted by Gasteiger charge is 2.47. The van der Waals surface area contributed by atoms with Gasteiger partial charge in [-0.25, -0.2) is 4.39 Å². The van der Waals surface area contributed by atoms with Gasteiger partial charge < -0.3 is 4.74 Å². The molecule has 2 amide bonds. The maximum Gasteiger partial charge on any atom is 0.326 e. The summed E-state index contributed by atoms with van der Waals surface area (Å²) in [5, 5.41) is 0. The van der Waals surface area contributed by atoms with Crippen LogP contribution in [0, 0.1) is 17.7 Å². The summed E-state index contributed by atoms with van der Waals surface area (Å²) in [6.07, 6.45) is 4.68. The molecule has 3 rings (SSSR count). The van der Waals surface area contributed by atoms with Crippen molar-refractivity contribution in [1.29, 1.82) is 0 Å². The highest BCUT2D eigenvalue weighted by molar-refractivity contribution is 6.07. The van der Waals surface area contributed by atoms with Crippen LogP contribution in [0.4, 0.5) is 4.39 Å². The number of imide groups is 1. The predicted octanol–water partition coefficient (Wildman–Crippen LogP) is 1.50. The number of carbonyl (C=O) groups is 4. The van der Waals surface area contributed by atoms with Gasteiger partial charge in [-0.2, -0.15) is 0 Å². The summed E-state index contributed by atoms with van der Waals surface area (Å²) in [5.41, 5.74) is 0.0817. The lowest BCUT2D eigenvalue weighted by atomic mass is 9.85. The highest BCUT2D eigenvalue weighted by atomic mass is 19.1. The number of Topliss-reactive ketones (excluding diaryl/α,β-unsaturated/α-hetero) is 1. The lowest BCUT2D eigenvalue weighted by Crippen LogP contribution is -2.37. The zero-order chi connectivity index (χ0) is 18.0. The fourth-order valence-electron chi connectivity index (χ4n) is 3.09. The second-order valence-corrected chi connectivity index (χ2v) is 6.01. The van der Waals surface area contributed by atoms with E-state index in [4.69, 9.17) is 4.74 Å². The van der Waals surface area contributed by atoms with Crippen molar-refractivity contribution in [2.45, 2.75) is 12.8 Å². The molecule has 2 aliphatic rings. The smallest absolute Gasteiger partial charge is 0.326 e. The molecule has 1 fully saturated rings. The quantitative estimate of drug-likeness (QED) is 0.350. The van der Waals surface area contributed by atoms with Gasteiger partial charge in [0.05, 0.1) is 11.8 Å². The number of allylic oxidation sites excluding steroid dienone is 2. The molecule has 7 heteroatoms. The van der Waals surface area contributed by atoms with Crippen LogP contribution in [0.2, 0.25) is 0 Å². The van der Waals surface area contributed by atoms with E-state index in [0.717, 1.165) is 11.0 Å². The van der Waals surface area contributed by atoms with Crippen molar-refractivity contribution in [3.05, 3.63) is 47.8 Å². The molecule has 0 spiro atoms. The number of carbonyl (C=O) groups excluding carboxylic acids is 4. The first-order valence-corrected chi connectivity index (χ1v) is 7.92. The van der Waals surface area contributed by atoms with Crippen LogP contribution in [0.3, 0.4) is 0 Å². The molecule has 0 unspecified atom stereocenters. The molecule has 1 saturated heterocycles. The Kier molecular flexibility index (Phi) is 4.74. The van der Waals surface area contributed by atoms with Crippen molar-refractivity contribution in [2.24, 2.45) is 11.8 Å². The molecular formula is C18H16FNO5. The molecule has 6 nitrogen and oxygen atoms in total. The molecule has 0 bridgehead atoms. The normalized spacial score (nSPS) is 22.0. The average Bonchev–Trinajstić information content (AvgIpc) is 2.85. The van der Waals surface area contributed by atoms with Gasteiger partial charge in [0.1, 0.15) is 12.4 Å². The van der Waals surface area contributed by atoms with Gasteiger partial charge in [-0.05, 0) is 25.0 Å². The van der Waals surface area contributed by atoms with Crippen LogP contribution >= 0.6 is 0 Å². The molecule has 0 aromatic heterocycles. The Morgan fingerprint density at radius 2 is 1.76 bits per heavy atom. The number of rotatable bonds is 5. The van der Waals surface area contributed by atoms with E-state index in [1.807, 2.05) is 12.2 Å². The summed E-state index contributed by atoms with van der Waals surface area (Å²) in [7, 11) is 0. The van der Waals surface area contributed by atoms with E-state index in [1.54, 1.807) is 0 Å². The number of esters is 1. The van der Waals surface area contributed by atoms with Gasteiger partial charge in [0.25, 0.3) is 0 Å². The van der Waals surface area contributed by atoms with Crippen molar-refractivity contribution in [3.8, 4) is 0 Å². The molecular weight excluding hydrogens is 329 g/mol. The van der Waals surface area contributed by atoms with E-state index in [-0.39, 0.29) is 17.4 Å². The predicted molar refractivity (Wildman–Crippen MR) is 83.8 cm³/mol. The largest absolute Gasteiger partial charge is 0.456 e. The fourth-order valence-corrected chi connectivity index (χ4v) is 3.09. The summed E-state index contributed by atoms with van der Waals surface area (Å²) in [4.78, 5) is 49.1. The van der Waals surface area contributed by atoms with Crippen LogP contribution in [0.5, 0.6) is 0 Å². The van der Waals surface area contributed by atoms with Crippen LogP contribution in [0.15, 0.2) is 36.4 Å². The van der Waals surface area contributed by atoms with Crippen LogP contribution in [-0.4, -0.2) is 41.6 Å². The van der Waals surface area contributed by atoms with Gasteiger partial charge in [-0.15, -0.1) is 0 Å². The third-order valence-electron chi connectivity index (χ3n) is 4.40. The van der Waals surface area contributed by atoms with Crippen molar-refractivity contribution in [2.75, 3.05) is 13.2 Å². The lowest BCUT2D eigenvalue weighted by Gasteiger charge is -2.14. The van der Waals surface area contributed by atoms with E-state index >= 15 is 0 Å². The third-order valence-corrected chi connectivity index (χ3v) is 4.40. The molecule has 1 aromatic carbocycles. The average molecular weight is 345 g/mol. The lowest BCUT2D eigenvalue weighted by molar-refractivity contribution is -0.152. The fraction of sp³-hybridized carbons (Fsp3) is 0.333. The number of amides is 2. The van der Waals surface area contributed by atoms with Crippen molar-refractivity contribution in [1.82, 2.24) is 4.90 Å². The van der Waals surface area contributed by atoms with Gasteiger partial charge in [0, 0.05) is 5.56 Å². The minimum absolute atomic E-state index is 0.0817. The van der Waals surface area contributed by atoms with Crippen LogP contribution in [0.1, 0.15) is 23.2 Å². The number of ether oxygens (including phenoxy) is 1. The second kappa shape index (κ2) is 6.96. The van der Waals surface area contributed by atoms with E-state index in [0.29, 0.717) is 12.8 Å². The molecule has 1 aromatic rings. The Morgan fingerprint density at radius 3 is 2.36 bits per heavy atom. The Morgan fingerprint density at radius 1 is 1.12 bits per heavy atom. The van der Waals surface area contributed by atoms with Crippen molar-refractivity contribution < 1.29 is 28.3 Å². The summed E-state index contributed by atoms with van der Waals surface area (Å²) in [5.74, 6) is -3.58. The molecule has 25 heavy (non-hydrogen) atoms. The minimum Gasteiger partial charge on any atom is -0.456 e. The van der Waals surface area contributed by atoms with Gasteiger partial charge in [-0.1, -0.05) is 24.3 Å². The molecule has 1 aliphatic heterocycles. The van der Waals surface area contributed by atoms with Crippen LogP contribution < -0.4 is 0 Å². The summed E-state index contributed by atoms with van der Waals surface area (Å²) < 4.78 is 17.9. The second-order valence-electron chi connectivity index (χ2n) is 6.01. The van der Waals surface area contributed by atoms with E-state index in [2.05, 4.69) is 0 Å². The Labute approximate surface area is 143 Å². The Balaban J connectivity index is 1.55. The van der Waals surface area contributed by atoms with Gasteiger partial charge in [-0.3, -0.25) is 24.1 Å². The van der Waals surface area contributed by atoms with Crippen molar-refractivity contribution in [3.63, 3.8) is 0 Å². The Hall–Kier alpha value is -2.83. The SMILES string of the molecule is O=C(CN1C(=O)[C@H]2CC=CC[C@H]2C1=O)OCC(=O)c1cccc(F)c1. The Bertz CT molecular complexity index is 746. The molecule has 130 valence electrons. The molecule has 0 radical (unpaired) electrons. The van der Waals surface area contributed by atoms with E-state index in [9.17, 15) is 23.6 Å². The standard InChI is InChI=1S/C18H16FNO5/c19-12-5-3-4-11(8-12)15(21)10-25-16(22)9-20-17(23)13-6-1-2-7-14(13)18(20)24/h1-5,8,13-14H,6-7,9-10H2/t13-,14+. The first-order valence-electron chi connectivity index (χ1n) is 7.92. The van der Waals surface area contributed by atoms with E-state index < -0.39 is 42.6 Å². The van der Waals surface area contributed by atoms with Crippen molar-refractivity contribution >= 4 is 23.6 Å². The number of ketones is 1. The first-order chi connectivity index (χ1) is 12.0. The number of hydrogen-bond acceptors (Lipinski definition) is 5. The first kappa shape index (κ1) is 17.0. The maximum atomic E-state index is 13.1. The number of fused-ring (bicyclic) bond motifs is 1. The number of likely N-dealkylation sites (tertiary alicyclic amines) is 1. The molecule has 1 aliphatic carbocycles.